The predicted molar refractivity (Wildman–Crippen MR) is 45.5 cm³/mol. The van der Waals surface area contributed by atoms with Crippen LogP contribution in [0, 0.1) is 5.92 Å². The lowest BCUT2D eigenvalue weighted by Gasteiger charge is -2.02. The Bertz CT molecular complexity index is 234. The van der Waals surface area contributed by atoms with Gasteiger partial charge in [0.05, 0.1) is 0 Å². The van der Waals surface area contributed by atoms with Gasteiger partial charge in [-0.25, -0.2) is 0 Å². The highest BCUT2D eigenvalue weighted by atomic mass is 16.1. The van der Waals surface area contributed by atoms with E-state index in [0.29, 0.717) is 0 Å². The minimum atomic E-state index is 0.731. The molecular weight excluding hydrogens is 136 g/mol. The Balaban J connectivity index is 2.91. The van der Waals surface area contributed by atoms with Crippen LogP contribution < -0.4 is 0 Å². The summed E-state index contributed by atoms with van der Waals surface area (Å²) in [6.45, 7) is 4.10. The third-order valence-corrected chi connectivity index (χ3v) is 1.62. The summed E-state index contributed by atoms with van der Waals surface area (Å²) in [7, 11) is 0. The van der Waals surface area contributed by atoms with Crippen molar-refractivity contribution < 1.29 is 4.79 Å². The molecule has 0 atom stereocenters. The van der Waals surface area contributed by atoms with E-state index in [-0.39, 0.29) is 0 Å². The van der Waals surface area contributed by atoms with Crippen molar-refractivity contribution in [2.75, 3.05) is 0 Å². The van der Waals surface area contributed by atoms with Crippen LogP contribution in [0.1, 0.15) is 29.8 Å². The van der Waals surface area contributed by atoms with E-state index >= 15 is 0 Å². The summed E-state index contributed by atoms with van der Waals surface area (Å²) < 4.78 is 0. The molecule has 0 amide bonds. The zero-order valence-electron chi connectivity index (χ0n) is 6.79. The monoisotopic (exact) mass is 147 g/mol. The molecule has 0 aliphatic carbocycles. The second-order valence-electron chi connectivity index (χ2n) is 2.74. The average Bonchev–Trinajstić information content (AvgIpc) is 2.05. The lowest BCUT2D eigenvalue weighted by Crippen LogP contribution is -1.88. The summed E-state index contributed by atoms with van der Waals surface area (Å²) in [5.41, 5.74) is 1.92. The molecule has 1 aromatic carbocycles. The van der Waals surface area contributed by atoms with Crippen LogP contribution in [0.2, 0.25) is 0 Å². The number of hydrogen-bond acceptors (Lipinski definition) is 1. The van der Waals surface area contributed by atoms with Gasteiger partial charge in [0.1, 0.15) is 6.29 Å². The zero-order chi connectivity index (χ0) is 8.27. The van der Waals surface area contributed by atoms with Gasteiger partial charge in [-0.3, -0.25) is 4.79 Å². The molecule has 0 N–H and O–H groups in total. The molecule has 57 valence electrons. The van der Waals surface area contributed by atoms with Gasteiger partial charge in [0.25, 0.3) is 0 Å². The second kappa shape index (κ2) is 3.33. The van der Waals surface area contributed by atoms with Crippen molar-refractivity contribution in [1.82, 2.24) is 0 Å². The molecule has 1 aromatic rings. The minimum absolute atomic E-state index is 0.731. The molecule has 11 heavy (non-hydrogen) atoms. The SMILES string of the molecule is C[C](C)c1ccc(C=O)cc1. The molecule has 1 radical (unpaired) electrons. The van der Waals surface area contributed by atoms with E-state index in [4.69, 9.17) is 0 Å². The largest absolute Gasteiger partial charge is 0.298 e. The fourth-order valence-electron chi connectivity index (χ4n) is 0.895. The van der Waals surface area contributed by atoms with Gasteiger partial charge < -0.3 is 0 Å². The topological polar surface area (TPSA) is 17.1 Å². The van der Waals surface area contributed by atoms with Crippen LogP contribution in [0.25, 0.3) is 0 Å². The Kier molecular flexibility index (Phi) is 2.42. The van der Waals surface area contributed by atoms with E-state index in [2.05, 4.69) is 13.8 Å². The van der Waals surface area contributed by atoms with Gasteiger partial charge in [-0.1, -0.05) is 38.1 Å². The first-order valence-electron chi connectivity index (χ1n) is 3.60. The Labute approximate surface area is 67.1 Å². The lowest BCUT2D eigenvalue weighted by molar-refractivity contribution is 0.112. The van der Waals surface area contributed by atoms with E-state index in [1.165, 1.54) is 11.5 Å². The summed E-state index contributed by atoms with van der Waals surface area (Å²) >= 11 is 0. The highest BCUT2D eigenvalue weighted by Crippen LogP contribution is 2.12. The minimum Gasteiger partial charge on any atom is -0.298 e. The fourth-order valence-corrected chi connectivity index (χ4v) is 0.895. The number of rotatable bonds is 2. The quantitative estimate of drug-likeness (QED) is 0.587. The van der Waals surface area contributed by atoms with Crippen molar-refractivity contribution in [3.8, 4) is 0 Å². The van der Waals surface area contributed by atoms with Crippen LogP contribution in [-0.4, -0.2) is 6.29 Å². The number of carbonyl (C=O) groups is 1. The molecule has 0 unspecified atom stereocenters. The highest BCUT2D eigenvalue weighted by molar-refractivity contribution is 5.74. The van der Waals surface area contributed by atoms with E-state index in [1.807, 2.05) is 24.3 Å². The number of aldehydes is 1. The van der Waals surface area contributed by atoms with Crippen molar-refractivity contribution >= 4 is 6.29 Å². The molecule has 0 heterocycles. The molecular formula is C10H11O. The van der Waals surface area contributed by atoms with Crippen LogP contribution in [0.5, 0.6) is 0 Å². The molecule has 0 saturated carbocycles. The average molecular weight is 147 g/mol. The maximum atomic E-state index is 10.3. The molecule has 0 fully saturated rings. The van der Waals surface area contributed by atoms with Crippen LogP contribution in [0.3, 0.4) is 0 Å². The van der Waals surface area contributed by atoms with Crippen molar-refractivity contribution in [3.05, 3.63) is 41.3 Å². The smallest absolute Gasteiger partial charge is 0.150 e. The predicted octanol–water partition coefficient (Wildman–Crippen LogP) is 2.46. The second-order valence-corrected chi connectivity index (χ2v) is 2.74. The molecule has 0 aromatic heterocycles. The summed E-state index contributed by atoms with van der Waals surface area (Å²) in [5.74, 6) is 1.27. The third-order valence-electron chi connectivity index (χ3n) is 1.62. The summed E-state index contributed by atoms with van der Waals surface area (Å²) in [5, 5.41) is 0. The normalized spacial score (nSPS) is 10.1. The third kappa shape index (κ3) is 1.90. The Morgan fingerprint density at radius 2 is 1.73 bits per heavy atom. The lowest BCUT2D eigenvalue weighted by atomic mass is 10.0. The highest BCUT2D eigenvalue weighted by Gasteiger charge is 1.97. The molecule has 1 nitrogen and oxygen atoms in total. The first-order chi connectivity index (χ1) is 5.24. The summed E-state index contributed by atoms with van der Waals surface area (Å²) in [4.78, 5) is 10.3. The Morgan fingerprint density at radius 1 is 1.18 bits per heavy atom. The van der Waals surface area contributed by atoms with Crippen molar-refractivity contribution in [2.24, 2.45) is 0 Å². The molecule has 1 heteroatoms. The van der Waals surface area contributed by atoms with Crippen LogP contribution in [0.4, 0.5) is 0 Å². The van der Waals surface area contributed by atoms with Gasteiger partial charge in [0.15, 0.2) is 0 Å². The standard InChI is InChI=1S/C10H11O/c1-8(2)10-5-3-9(7-11)4-6-10/h3-7H,1-2H3. The summed E-state index contributed by atoms with van der Waals surface area (Å²) in [6, 6.07) is 7.57. The van der Waals surface area contributed by atoms with Gasteiger partial charge in [-0.05, 0) is 11.5 Å². The van der Waals surface area contributed by atoms with E-state index < -0.39 is 0 Å². The van der Waals surface area contributed by atoms with E-state index in [1.54, 1.807) is 0 Å². The van der Waals surface area contributed by atoms with Crippen molar-refractivity contribution in [1.29, 1.82) is 0 Å². The van der Waals surface area contributed by atoms with E-state index in [9.17, 15) is 4.79 Å². The number of carbonyl (C=O) groups excluding carboxylic acids is 1. The van der Waals surface area contributed by atoms with Crippen LogP contribution >= 0.6 is 0 Å². The zero-order valence-corrected chi connectivity index (χ0v) is 6.79. The first kappa shape index (κ1) is 7.99. The van der Waals surface area contributed by atoms with Gasteiger partial charge in [-0.15, -0.1) is 0 Å². The van der Waals surface area contributed by atoms with E-state index in [0.717, 1.165) is 11.8 Å². The van der Waals surface area contributed by atoms with Crippen molar-refractivity contribution in [2.45, 2.75) is 13.8 Å². The van der Waals surface area contributed by atoms with Gasteiger partial charge in [-0.2, -0.15) is 0 Å². The molecule has 0 aliphatic heterocycles. The van der Waals surface area contributed by atoms with Gasteiger partial charge >= 0.3 is 0 Å². The Hall–Kier alpha value is -1.11. The number of benzene rings is 1. The summed E-state index contributed by atoms with van der Waals surface area (Å²) in [6.07, 6.45) is 0.856. The maximum Gasteiger partial charge on any atom is 0.150 e. The van der Waals surface area contributed by atoms with Crippen LogP contribution in [-0.2, 0) is 0 Å². The molecule has 0 saturated heterocycles. The molecule has 0 aliphatic rings. The van der Waals surface area contributed by atoms with Gasteiger partial charge in [0, 0.05) is 5.56 Å². The fraction of sp³-hybridized carbons (Fsp3) is 0.200. The van der Waals surface area contributed by atoms with Crippen LogP contribution in [0.15, 0.2) is 24.3 Å². The first-order valence-corrected chi connectivity index (χ1v) is 3.60. The maximum absolute atomic E-state index is 10.3. The molecule has 0 bridgehead atoms. The molecule has 0 spiro atoms. The van der Waals surface area contributed by atoms with Gasteiger partial charge in [0.2, 0.25) is 0 Å². The number of hydrogen-bond donors (Lipinski definition) is 0. The van der Waals surface area contributed by atoms with Crippen molar-refractivity contribution in [3.63, 3.8) is 0 Å². The Morgan fingerprint density at radius 3 is 2.09 bits per heavy atom. The molecule has 1 rings (SSSR count).